The van der Waals surface area contributed by atoms with Gasteiger partial charge in [-0.3, -0.25) is 14.5 Å². The van der Waals surface area contributed by atoms with Crippen molar-refractivity contribution in [3.63, 3.8) is 0 Å². The summed E-state index contributed by atoms with van der Waals surface area (Å²) in [5, 5.41) is 12.3. The zero-order valence-electron chi connectivity index (χ0n) is 14.3. The van der Waals surface area contributed by atoms with Gasteiger partial charge in [0.1, 0.15) is 11.9 Å². The first kappa shape index (κ1) is 17.9. The lowest BCUT2D eigenvalue weighted by Gasteiger charge is -2.32. The van der Waals surface area contributed by atoms with E-state index in [1.165, 1.54) is 12.1 Å². The molecule has 1 aliphatic carbocycles. The number of likely N-dealkylation sites (tertiary alicyclic amines) is 1. The summed E-state index contributed by atoms with van der Waals surface area (Å²) in [6, 6.07) is 5.89. The van der Waals surface area contributed by atoms with E-state index in [0.717, 1.165) is 31.2 Å². The van der Waals surface area contributed by atoms with Gasteiger partial charge in [-0.25, -0.2) is 4.39 Å². The summed E-state index contributed by atoms with van der Waals surface area (Å²) in [4.78, 5) is 25.7. The highest BCUT2D eigenvalue weighted by Crippen LogP contribution is 2.39. The minimum Gasteiger partial charge on any atom is -0.480 e. The standard InChI is InChI=1S/C19H25FN2O3/c20-15-7-5-13(6-8-15)9-10-21-18(23)12-22-16-4-2-1-3-14(16)11-17(22)19(24)25/h5-8,14,16-17H,1-4,9-12H2,(H,21,23)(H,24,25)/t14-,16-,17-/m0/s1. The van der Waals surface area contributed by atoms with E-state index in [-0.39, 0.29) is 24.3 Å². The molecule has 5 nitrogen and oxygen atoms in total. The van der Waals surface area contributed by atoms with E-state index >= 15 is 0 Å². The lowest BCUT2D eigenvalue weighted by atomic mass is 9.85. The molecule has 1 aromatic rings. The molecule has 1 heterocycles. The van der Waals surface area contributed by atoms with Crippen LogP contribution < -0.4 is 5.32 Å². The summed E-state index contributed by atoms with van der Waals surface area (Å²) < 4.78 is 12.9. The third kappa shape index (κ3) is 4.37. The quantitative estimate of drug-likeness (QED) is 0.827. The van der Waals surface area contributed by atoms with Gasteiger partial charge in [-0.15, -0.1) is 0 Å². The first-order valence-electron chi connectivity index (χ1n) is 9.04. The van der Waals surface area contributed by atoms with Crippen LogP contribution in [0.1, 0.15) is 37.7 Å². The maximum Gasteiger partial charge on any atom is 0.320 e. The number of carboxylic acids is 1. The second kappa shape index (κ2) is 7.95. The highest BCUT2D eigenvalue weighted by molar-refractivity contribution is 5.80. The van der Waals surface area contributed by atoms with Crippen molar-refractivity contribution < 1.29 is 19.1 Å². The molecule has 2 N–H and O–H groups in total. The molecule has 3 atom stereocenters. The SMILES string of the molecule is O=C(CN1[C@H](C(=O)O)C[C@@H]2CCCC[C@@H]21)NCCc1ccc(F)cc1. The van der Waals surface area contributed by atoms with Crippen molar-refractivity contribution in [3.8, 4) is 0 Å². The van der Waals surface area contributed by atoms with Crippen LogP contribution in [0.15, 0.2) is 24.3 Å². The van der Waals surface area contributed by atoms with E-state index in [1.807, 2.05) is 4.90 Å². The zero-order valence-corrected chi connectivity index (χ0v) is 14.3. The molecule has 0 bridgehead atoms. The number of fused-ring (bicyclic) bond motifs is 1. The molecule has 3 rings (SSSR count). The van der Waals surface area contributed by atoms with E-state index in [2.05, 4.69) is 5.32 Å². The van der Waals surface area contributed by atoms with Crippen molar-refractivity contribution in [2.45, 2.75) is 50.6 Å². The Hall–Kier alpha value is -1.95. The van der Waals surface area contributed by atoms with E-state index in [4.69, 9.17) is 0 Å². The number of benzene rings is 1. The number of hydrogen-bond donors (Lipinski definition) is 2. The number of nitrogens with one attached hydrogen (secondary N) is 1. The van der Waals surface area contributed by atoms with Crippen LogP contribution in [-0.4, -0.2) is 47.1 Å². The Bertz CT molecular complexity index is 620. The van der Waals surface area contributed by atoms with E-state index < -0.39 is 12.0 Å². The molecule has 1 saturated carbocycles. The first-order chi connectivity index (χ1) is 12.0. The average Bonchev–Trinajstić information content (AvgIpc) is 2.96. The van der Waals surface area contributed by atoms with Crippen LogP contribution in [0.25, 0.3) is 0 Å². The molecule has 2 fully saturated rings. The smallest absolute Gasteiger partial charge is 0.320 e. The van der Waals surface area contributed by atoms with Crippen molar-refractivity contribution in [3.05, 3.63) is 35.6 Å². The minimum atomic E-state index is -0.825. The Balaban J connectivity index is 1.51. The van der Waals surface area contributed by atoms with Crippen LogP contribution in [0.4, 0.5) is 4.39 Å². The lowest BCUT2D eigenvalue weighted by Crippen LogP contribution is -2.47. The molecule has 0 radical (unpaired) electrons. The van der Waals surface area contributed by atoms with Crippen LogP contribution in [-0.2, 0) is 16.0 Å². The minimum absolute atomic E-state index is 0.139. The second-order valence-corrected chi connectivity index (χ2v) is 7.10. The number of aliphatic carboxylic acids is 1. The third-order valence-corrected chi connectivity index (χ3v) is 5.48. The number of nitrogens with zero attached hydrogens (tertiary/aromatic N) is 1. The number of carbonyl (C=O) groups excluding carboxylic acids is 1. The van der Waals surface area contributed by atoms with Crippen molar-refractivity contribution >= 4 is 11.9 Å². The Kier molecular flexibility index (Phi) is 5.68. The van der Waals surface area contributed by atoms with Crippen LogP contribution in [0.3, 0.4) is 0 Å². The summed E-state index contributed by atoms with van der Waals surface area (Å²) in [7, 11) is 0. The van der Waals surface area contributed by atoms with Gasteiger partial charge < -0.3 is 10.4 Å². The average molecular weight is 348 g/mol. The van der Waals surface area contributed by atoms with Crippen LogP contribution in [0, 0.1) is 11.7 Å². The number of halogens is 1. The molecule has 1 amide bonds. The summed E-state index contributed by atoms with van der Waals surface area (Å²) in [6.45, 7) is 0.603. The fourth-order valence-electron chi connectivity index (χ4n) is 4.24. The topological polar surface area (TPSA) is 69.6 Å². The first-order valence-corrected chi connectivity index (χ1v) is 9.04. The third-order valence-electron chi connectivity index (χ3n) is 5.48. The molecule has 25 heavy (non-hydrogen) atoms. The van der Waals surface area contributed by atoms with Gasteiger partial charge in [-0.05, 0) is 49.3 Å². The van der Waals surface area contributed by atoms with Crippen molar-refractivity contribution in [1.82, 2.24) is 10.2 Å². The number of rotatable bonds is 6. The van der Waals surface area contributed by atoms with Gasteiger partial charge in [0.2, 0.25) is 5.91 Å². The molecule has 0 spiro atoms. The Labute approximate surface area is 147 Å². The van der Waals surface area contributed by atoms with E-state index in [1.54, 1.807) is 12.1 Å². The van der Waals surface area contributed by atoms with Gasteiger partial charge in [0.15, 0.2) is 0 Å². The maximum atomic E-state index is 12.9. The largest absolute Gasteiger partial charge is 0.480 e. The van der Waals surface area contributed by atoms with Crippen LogP contribution in [0.5, 0.6) is 0 Å². The zero-order chi connectivity index (χ0) is 17.8. The molecule has 1 aromatic carbocycles. The molecular formula is C19H25FN2O3. The number of carboxylic acid groups (broad SMARTS) is 1. The van der Waals surface area contributed by atoms with Gasteiger partial charge >= 0.3 is 5.97 Å². The summed E-state index contributed by atoms with van der Waals surface area (Å²) in [5.41, 5.74) is 0.957. The summed E-state index contributed by atoms with van der Waals surface area (Å²) in [5.74, 6) is -0.835. The van der Waals surface area contributed by atoms with Crippen molar-refractivity contribution in [2.24, 2.45) is 5.92 Å². The Morgan fingerprint density at radius 3 is 2.64 bits per heavy atom. The lowest BCUT2D eigenvalue weighted by molar-refractivity contribution is -0.143. The fraction of sp³-hybridized carbons (Fsp3) is 0.579. The van der Waals surface area contributed by atoms with Crippen LogP contribution in [0.2, 0.25) is 0 Å². The fourth-order valence-corrected chi connectivity index (χ4v) is 4.24. The van der Waals surface area contributed by atoms with E-state index in [9.17, 15) is 19.1 Å². The molecular weight excluding hydrogens is 323 g/mol. The van der Waals surface area contributed by atoms with Gasteiger partial charge in [-0.1, -0.05) is 25.0 Å². The Morgan fingerprint density at radius 1 is 1.20 bits per heavy atom. The summed E-state index contributed by atoms with van der Waals surface area (Å²) in [6.07, 6.45) is 5.60. The monoisotopic (exact) mass is 348 g/mol. The molecule has 136 valence electrons. The van der Waals surface area contributed by atoms with Crippen molar-refractivity contribution in [1.29, 1.82) is 0 Å². The molecule has 1 saturated heterocycles. The van der Waals surface area contributed by atoms with Gasteiger partial charge in [0.25, 0.3) is 0 Å². The highest BCUT2D eigenvalue weighted by Gasteiger charge is 2.45. The number of amides is 1. The van der Waals surface area contributed by atoms with E-state index in [0.29, 0.717) is 25.3 Å². The number of carbonyl (C=O) groups is 2. The molecule has 0 unspecified atom stereocenters. The molecule has 6 heteroatoms. The summed E-state index contributed by atoms with van der Waals surface area (Å²) >= 11 is 0. The van der Waals surface area contributed by atoms with Gasteiger partial charge in [-0.2, -0.15) is 0 Å². The Morgan fingerprint density at radius 2 is 1.92 bits per heavy atom. The normalized spacial score (nSPS) is 26.2. The maximum absolute atomic E-state index is 12.9. The second-order valence-electron chi connectivity index (χ2n) is 7.10. The predicted octanol–water partition coefficient (Wildman–Crippen LogP) is 2.20. The molecule has 1 aliphatic heterocycles. The van der Waals surface area contributed by atoms with Crippen LogP contribution >= 0.6 is 0 Å². The van der Waals surface area contributed by atoms with Gasteiger partial charge in [0, 0.05) is 12.6 Å². The highest BCUT2D eigenvalue weighted by atomic mass is 19.1. The van der Waals surface area contributed by atoms with Gasteiger partial charge in [0.05, 0.1) is 6.54 Å². The molecule has 2 aliphatic rings. The predicted molar refractivity (Wildman–Crippen MR) is 91.6 cm³/mol. The van der Waals surface area contributed by atoms with Crippen molar-refractivity contribution in [2.75, 3.05) is 13.1 Å². The number of hydrogen-bond acceptors (Lipinski definition) is 3. The molecule has 0 aromatic heterocycles.